The third-order valence-electron chi connectivity index (χ3n) is 5.51. The van der Waals surface area contributed by atoms with E-state index in [1.165, 1.54) is 0 Å². The highest BCUT2D eigenvalue weighted by atomic mass is 16.5. The average molecular weight is 434 g/mol. The average Bonchev–Trinajstić information content (AvgIpc) is 3.27. The fraction of sp³-hybridized carbons (Fsp3) is 0.292. The van der Waals surface area contributed by atoms with Crippen molar-refractivity contribution < 1.29 is 14.3 Å². The Hall–Kier alpha value is -3.81. The first-order chi connectivity index (χ1) is 15.6. The van der Waals surface area contributed by atoms with Gasteiger partial charge in [0.25, 0.3) is 5.91 Å². The van der Waals surface area contributed by atoms with Crippen molar-refractivity contribution in [2.45, 2.75) is 13.3 Å². The van der Waals surface area contributed by atoms with Gasteiger partial charge < -0.3 is 19.9 Å². The molecular formula is C24H27N5O3. The Labute approximate surface area is 187 Å². The first-order valence-electron chi connectivity index (χ1n) is 10.7. The van der Waals surface area contributed by atoms with E-state index in [1.807, 2.05) is 54.6 Å². The smallest absolute Gasteiger partial charge is 0.274 e. The summed E-state index contributed by atoms with van der Waals surface area (Å²) in [6, 6.07) is 19.0. The van der Waals surface area contributed by atoms with Crippen LogP contribution < -0.4 is 15.0 Å². The van der Waals surface area contributed by atoms with Crippen molar-refractivity contribution in [3.8, 4) is 11.4 Å². The summed E-state index contributed by atoms with van der Waals surface area (Å²) < 4.78 is 7.07. The number of hydrogen-bond acceptors (Lipinski definition) is 5. The summed E-state index contributed by atoms with van der Waals surface area (Å²) in [6.45, 7) is 4.33. The van der Waals surface area contributed by atoms with Gasteiger partial charge in [0.15, 0.2) is 5.69 Å². The minimum Gasteiger partial charge on any atom is -0.495 e. The lowest BCUT2D eigenvalue weighted by Gasteiger charge is -2.36. The van der Waals surface area contributed by atoms with Gasteiger partial charge in [-0.1, -0.05) is 37.3 Å². The summed E-state index contributed by atoms with van der Waals surface area (Å²) in [4.78, 5) is 29.2. The first-order valence-corrected chi connectivity index (χ1v) is 10.7. The van der Waals surface area contributed by atoms with Gasteiger partial charge >= 0.3 is 0 Å². The van der Waals surface area contributed by atoms with Gasteiger partial charge in [-0.15, -0.1) is 0 Å². The third kappa shape index (κ3) is 4.44. The SMILES string of the molecule is CCC(=O)Nc1cc(C(=O)N2CCN(c3ccccc3OC)CC2)nn1-c1ccccc1. The number of methoxy groups -OCH3 is 1. The molecule has 166 valence electrons. The van der Waals surface area contributed by atoms with E-state index in [9.17, 15) is 9.59 Å². The van der Waals surface area contributed by atoms with Gasteiger partial charge in [-0.2, -0.15) is 5.10 Å². The Balaban J connectivity index is 1.52. The summed E-state index contributed by atoms with van der Waals surface area (Å²) in [7, 11) is 1.66. The van der Waals surface area contributed by atoms with Crippen molar-refractivity contribution >= 4 is 23.3 Å². The van der Waals surface area contributed by atoms with Crippen LogP contribution >= 0.6 is 0 Å². The zero-order chi connectivity index (χ0) is 22.5. The predicted molar refractivity (Wildman–Crippen MR) is 124 cm³/mol. The Morgan fingerprint density at radius 3 is 2.38 bits per heavy atom. The number of anilines is 2. The van der Waals surface area contributed by atoms with Crippen LogP contribution in [-0.2, 0) is 4.79 Å². The van der Waals surface area contributed by atoms with Crippen LogP contribution in [0.4, 0.5) is 11.5 Å². The van der Waals surface area contributed by atoms with E-state index in [1.54, 1.807) is 29.7 Å². The maximum Gasteiger partial charge on any atom is 0.274 e. The number of amides is 2. The summed E-state index contributed by atoms with van der Waals surface area (Å²) in [6.07, 6.45) is 0.341. The molecule has 8 nitrogen and oxygen atoms in total. The molecule has 1 aliphatic heterocycles. The van der Waals surface area contributed by atoms with Gasteiger partial charge in [0.1, 0.15) is 11.6 Å². The largest absolute Gasteiger partial charge is 0.495 e. The summed E-state index contributed by atoms with van der Waals surface area (Å²) in [5, 5.41) is 7.37. The topological polar surface area (TPSA) is 79.7 Å². The number of para-hydroxylation sites is 3. The summed E-state index contributed by atoms with van der Waals surface area (Å²) >= 11 is 0. The highest BCUT2D eigenvalue weighted by Crippen LogP contribution is 2.28. The number of nitrogens with one attached hydrogen (secondary N) is 1. The van der Waals surface area contributed by atoms with E-state index in [2.05, 4.69) is 15.3 Å². The van der Waals surface area contributed by atoms with Crippen molar-refractivity contribution in [3.63, 3.8) is 0 Å². The molecule has 4 rings (SSSR count). The van der Waals surface area contributed by atoms with E-state index in [0.29, 0.717) is 44.1 Å². The van der Waals surface area contributed by atoms with Crippen molar-refractivity contribution in [2.24, 2.45) is 0 Å². The third-order valence-corrected chi connectivity index (χ3v) is 5.51. The lowest BCUT2D eigenvalue weighted by molar-refractivity contribution is -0.115. The number of carbonyl (C=O) groups is 2. The van der Waals surface area contributed by atoms with Gasteiger partial charge in [-0.25, -0.2) is 4.68 Å². The molecule has 0 aliphatic carbocycles. The predicted octanol–water partition coefficient (Wildman–Crippen LogP) is 3.19. The number of aromatic nitrogens is 2. The zero-order valence-corrected chi connectivity index (χ0v) is 18.3. The molecule has 1 saturated heterocycles. The number of nitrogens with zero attached hydrogens (tertiary/aromatic N) is 4. The van der Waals surface area contributed by atoms with E-state index in [0.717, 1.165) is 17.1 Å². The van der Waals surface area contributed by atoms with Gasteiger partial charge in [0.05, 0.1) is 18.5 Å². The van der Waals surface area contributed by atoms with Gasteiger partial charge in [0.2, 0.25) is 5.91 Å². The maximum atomic E-state index is 13.2. The van der Waals surface area contributed by atoms with Crippen LogP contribution in [0.1, 0.15) is 23.8 Å². The van der Waals surface area contributed by atoms with Gasteiger partial charge in [-0.3, -0.25) is 9.59 Å². The number of hydrogen-bond donors (Lipinski definition) is 1. The molecule has 2 aromatic carbocycles. The van der Waals surface area contributed by atoms with Gasteiger partial charge in [-0.05, 0) is 24.3 Å². The molecule has 1 aliphatic rings. The number of rotatable bonds is 6. The summed E-state index contributed by atoms with van der Waals surface area (Å²) in [5.74, 6) is 1.03. The molecular weight excluding hydrogens is 406 g/mol. The van der Waals surface area contributed by atoms with Crippen LogP contribution in [0.3, 0.4) is 0 Å². The Kier molecular flexibility index (Phi) is 6.39. The zero-order valence-electron chi connectivity index (χ0n) is 18.3. The molecule has 1 N–H and O–H groups in total. The van der Waals surface area contributed by atoms with Gasteiger partial charge in [0, 0.05) is 38.7 Å². The molecule has 0 saturated carbocycles. The van der Waals surface area contributed by atoms with Crippen LogP contribution in [0.25, 0.3) is 5.69 Å². The number of ether oxygens (including phenoxy) is 1. The summed E-state index contributed by atoms with van der Waals surface area (Å²) in [5.41, 5.74) is 2.12. The quantitative estimate of drug-likeness (QED) is 0.646. The Morgan fingerprint density at radius 2 is 1.69 bits per heavy atom. The minimum atomic E-state index is -0.147. The van der Waals surface area contributed by atoms with E-state index in [-0.39, 0.29) is 11.8 Å². The molecule has 8 heteroatoms. The molecule has 0 atom stereocenters. The number of piperazine rings is 1. The molecule has 0 bridgehead atoms. The first kappa shape index (κ1) is 21.4. The Morgan fingerprint density at radius 1 is 1.00 bits per heavy atom. The second-order valence-electron chi connectivity index (χ2n) is 7.51. The molecule has 0 unspecified atom stereocenters. The lowest BCUT2D eigenvalue weighted by atomic mass is 10.2. The molecule has 3 aromatic rings. The highest BCUT2D eigenvalue weighted by molar-refractivity contribution is 5.96. The molecule has 0 radical (unpaired) electrons. The monoisotopic (exact) mass is 433 g/mol. The van der Waals surface area contributed by atoms with E-state index in [4.69, 9.17) is 4.74 Å². The maximum absolute atomic E-state index is 13.2. The van der Waals surface area contributed by atoms with Crippen LogP contribution in [0, 0.1) is 0 Å². The Bertz CT molecular complexity index is 1090. The number of benzene rings is 2. The molecule has 0 spiro atoms. The fourth-order valence-corrected chi connectivity index (χ4v) is 3.78. The normalized spacial score (nSPS) is 13.7. The number of carbonyl (C=O) groups excluding carboxylic acids is 2. The van der Waals surface area contributed by atoms with E-state index < -0.39 is 0 Å². The van der Waals surface area contributed by atoms with Crippen LogP contribution in [0.5, 0.6) is 5.75 Å². The standard InChI is InChI=1S/C24H27N5O3/c1-3-23(30)25-22-17-19(26-29(22)18-9-5-4-6-10-18)24(31)28-15-13-27(14-16-28)20-11-7-8-12-21(20)32-2/h4-12,17H,3,13-16H2,1-2H3,(H,25,30). The molecule has 2 heterocycles. The molecule has 32 heavy (non-hydrogen) atoms. The minimum absolute atomic E-state index is 0.133. The second-order valence-corrected chi connectivity index (χ2v) is 7.51. The second kappa shape index (κ2) is 9.55. The fourth-order valence-electron chi connectivity index (χ4n) is 3.78. The van der Waals surface area contributed by atoms with E-state index >= 15 is 0 Å². The van der Waals surface area contributed by atoms with Crippen LogP contribution in [0.15, 0.2) is 60.7 Å². The van der Waals surface area contributed by atoms with Crippen LogP contribution in [0.2, 0.25) is 0 Å². The lowest BCUT2D eigenvalue weighted by Crippen LogP contribution is -2.49. The molecule has 2 amide bonds. The van der Waals surface area contributed by atoms with Crippen LogP contribution in [-0.4, -0.2) is 59.8 Å². The van der Waals surface area contributed by atoms with Crippen molar-refractivity contribution in [1.29, 1.82) is 0 Å². The molecule has 1 fully saturated rings. The van der Waals surface area contributed by atoms with Crippen molar-refractivity contribution in [2.75, 3.05) is 43.5 Å². The van der Waals surface area contributed by atoms with Crippen molar-refractivity contribution in [1.82, 2.24) is 14.7 Å². The molecule has 1 aromatic heterocycles. The van der Waals surface area contributed by atoms with Crippen molar-refractivity contribution in [3.05, 3.63) is 66.4 Å². The highest BCUT2D eigenvalue weighted by Gasteiger charge is 2.26.